The highest BCUT2D eigenvalue weighted by Crippen LogP contribution is 2.29. The second kappa shape index (κ2) is 11.1. The van der Waals surface area contributed by atoms with E-state index in [1.165, 1.54) is 16.8 Å². The number of carbonyl (C=O) groups is 1. The summed E-state index contributed by atoms with van der Waals surface area (Å²) < 4.78 is 32.5. The minimum Gasteiger partial charge on any atom is -0.471 e. The average Bonchev–Trinajstić information content (AvgIpc) is 3.59. The lowest BCUT2D eigenvalue weighted by Gasteiger charge is -2.28. The van der Waals surface area contributed by atoms with Gasteiger partial charge >= 0.3 is 0 Å². The molecule has 2 fully saturated rings. The van der Waals surface area contributed by atoms with Crippen molar-refractivity contribution in [2.75, 3.05) is 30.3 Å². The highest BCUT2D eigenvalue weighted by Gasteiger charge is 2.26. The summed E-state index contributed by atoms with van der Waals surface area (Å²) in [5.74, 6) is 0.129. The molecule has 5 rings (SSSR count). The van der Waals surface area contributed by atoms with Crippen LogP contribution >= 0.6 is 0 Å². The molecule has 2 atom stereocenters. The Hall–Kier alpha value is -4.05. The number of amides is 1. The van der Waals surface area contributed by atoms with Gasteiger partial charge in [0, 0.05) is 19.2 Å². The number of nitrogens with one attached hydrogen (secondary N) is 2. The van der Waals surface area contributed by atoms with Gasteiger partial charge in [-0.2, -0.15) is 14.8 Å². The van der Waals surface area contributed by atoms with Gasteiger partial charge in [0.25, 0.3) is 12.3 Å². The Kier molecular flexibility index (Phi) is 7.50. The van der Waals surface area contributed by atoms with E-state index in [1.54, 1.807) is 17.0 Å². The molecule has 1 saturated carbocycles. The number of nitriles is 1. The van der Waals surface area contributed by atoms with Crippen molar-refractivity contribution in [3.63, 3.8) is 0 Å². The van der Waals surface area contributed by atoms with Gasteiger partial charge < -0.3 is 25.4 Å². The summed E-state index contributed by atoms with van der Waals surface area (Å²) >= 11 is 0. The molecule has 0 spiro atoms. The minimum atomic E-state index is -2.74. The van der Waals surface area contributed by atoms with Crippen molar-refractivity contribution in [1.82, 2.24) is 24.5 Å². The number of anilines is 3. The van der Waals surface area contributed by atoms with Crippen molar-refractivity contribution in [3.05, 3.63) is 35.7 Å². The Labute approximate surface area is 217 Å². The third-order valence-electron chi connectivity index (χ3n) is 6.74. The quantitative estimate of drug-likeness (QED) is 0.403. The molecule has 13 heteroatoms. The van der Waals surface area contributed by atoms with Gasteiger partial charge in [-0.05, 0) is 37.8 Å². The van der Waals surface area contributed by atoms with Crippen molar-refractivity contribution in [1.29, 1.82) is 5.26 Å². The topological polar surface area (TPSA) is 141 Å². The van der Waals surface area contributed by atoms with Crippen LogP contribution in [0.2, 0.25) is 0 Å². The lowest BCUT2D eigenvalue weighted by molar-refractivity contribution is 0.0724. The fraction of sp³-hybridized carbons (Fsp3) is 0.480. The fourth-order valence-corrected chi connectivity index (χ4v) is 4.83. The van der Waals surface area contributed by atoms with E-state index in [2.05, 4.69) is 25.7 Å². The maximum absolute atomic E-state index is 13.0. The molecule has 3 aromatic rings. The molecule has 0 aromatic carbocycles. The molecule has 0 unspecified atom stereocenters. The van der Waals surface area contributed by atoms with Crippen LogP contribution in [0, 0.1) is 11.3 Å². The number of aliphatic hydroxyl groups is 1. The zero-order chi connectivity index (χ0) is 26.6. The van der Waals surface area contributed by atoms with Gasteiger partial charge in [0.1, 0.15) is 23.3 Å². The van der Waals surface area contributed by atoms with Gasteiger partial charge in [-0.3, -0.25) is 4.79 Å². The Morgan fingerprint density at radius 3 is 2.74 bits per heavy atom. The van der Waals surface area contributed by atoms with Crippen molar-refractivity contribution < 1.29 is 23.4 Å². The Morgan fingerprint density at radius 2 is 2.00 bits per heavy atom. The van der Waals surface area contributed by atoms with Crippen LogP contribution in [0.3, 0.4) is 0 Å². The summed E-state index contributed by atoms with van der Waals surface area (Å²) in [5.41, 5.74) is 1.08. The van der Waals surface area contributed by atoms with Crippen LogP contribution in [-0.4, -0.2) is 73.8 Å². The highest BCUT2D eigenvalue weighted by molar-refractivity contribution is 5.97. The van der Waals surface area contributed by atoms with E-state index < -0.39 is 19.1 Å². The first-order valence-electron chi connectivity index (χ1n) is 12.6. The number of aliphatic hydroxyl groups excluding tert-OH is 1. The maximum atomic E-state index is 13.0. The van der Waals surface area contributed by atoms with E-state index in [9.17, 15) is 23.9 Å². The molecule has 3 N–H and O–H groups in total. The number of aromatic nitrogens is 4. The number of halogens is 2. The van der Waals surface area contributed by atoms with Gasteiger partial charge in [-0.1, -0.05) is 12.8 Å². The average molecular weight is 527 g/mol. The molecule has 1 saturated heterocycles. The van der Waals surface area contributed by atoms with Crippen LogP contribution in [0.1, 0.15) is 54.6 Å². The molecular formula is C25H28F2N8O3. The van der Waals surface area contributed by atoms with Crippen molar-refractivity contribution >= 4 is 28.9 Å². The number of likely N-dealkylation sites (tertiary alicyclic amines) is 1. The smallest absolute Gasteiger partial charge is 0.272 e. The standard InChI is InChI=1S/C25H28F2N8O3/c26-20(27)14-38-24-16(25(37)34-9-3-4-10-34)7-8-21(32-24)31-18-11-22(30-17-5-1-2-6-19(17)36)33-35-15(12-28)13-29-23(18)35/h7-8,11,13,17,19-20,36H,1-6,9-10,14H2,(H,30,33)(H,31,32)/t17-,19-/m0/s1. The zero-order valence-electron chi connectivity index (χ0n) is 20.6. The molecule has 1 aliphatic carbocycles. The number of imidazole rings is 1. The van der Waals surface area contributed by atoms with Crippen molar-refractivity contribution in [2.45, 2.75) is 57.1 Å². The van der Waals surface area contributed by atoms with Crippen molar-refractivity contribution in [2.24, 2.45) is 0 Å². The molecule has 1 amide bonds. The summed E-state index contributed by atoms with van der Waals surface area (Å²) in [6.45, 7) is 0.281. The second-order valence-electron chi connectivity index (χ2n) is 9.41. The lowest BCUT2D eigenvalue weighted by Crippen LogP contribution is -2.36. The van der Waals surface area contributed by atoms with Crippen LogP contribution in [0.5, 0.6) is 5.88 Å². The van der Waals surface area contributed by atoms with Crippen LogP contribution in [0.15, 0.2) is 24.4 Å². The predicted octanol–water partition coefficient (Wildman–Crippen LogP) is 3.33. The van der Waals surface area contributed by atoms with E-state index in [-0.39, 0.29) is 34.9 Å². The largest absolute Gasteiger partial charge is 0.471 e. The first-order chi connectivity index (χ1) is 18.4. The molecule has 0 bridgehead atoms. The molecule has 0 radical (unpaired) electrons. The molecule has 200 valence electrons. The molecule has 11 nitrogen and oxygen atoms in total. The molecule has 3 aromatic heterocycles. The third-order valence-corrected chi connectivity index (χ3v) is 6.74. The number of ether oxygens (including phenoxy) is 1. The number of carbonyl (C=O) groups excluding carboxylic acids is 1. The Balaban J connectivity index is 1.47. The first-order valence-corrected chi connectivity index (χ1v) is 12.6. The van der Waals surface area contributed by atoms with E-state index in [4.69, 9.17) is 4.74 Å². The molecular weight excluding hydrogens is 498 g/mol. The van der Waals surface area contributed by atoms with Crippen LogP contribution < -0.4 is 15.4 Å². The normalized spacial score (nSPS) is 19.5. The van der Waals surface area contributed by atoms with Crippen molar-refractivity contribution in [3.8, 4) is 11.9 Å². The summed E-state index contributed by atoms with van der Waals surface area (Å²) in [6, 6.07) is 6.58. The molecule has 1 aliphatic heterocycles. The summed E-state index contributed by atoms with van der Waals surface area (Å²) in [5, 5.41) is 30.7. The van der Waals surface area contributed by atoms with Crippen LogP contribution in [-0.2, 0) is 0 Å². The number of hydrogen-bond donors (Lipinski definition) is 3. The third kappa shape index (κ3) is 5.45. The van der Waals surface area contributed by atoms with Gasteiger partial charge in [0.15, 0.2) is 17.9 Å². The SMILES string of the molecule is N#Cc1cnc2c(Nc3ccc(C(=O)N4CCCC4)c(OCC(F)F)n3)cc(N[C@H]3CCCC[C@@H]3O)nn12. The number of hydrogen-bond acceptors (Lipinski definition) is 9. The van der Waals surface area contributed by atoms with Gasteiger partial charge in [-0.25, -0.2) is 13.8 Å². The molecule has 4 heterocycles. The zero-order valence-corrected chi connectivity index (χ0v) is 20.6. The van der Waals surface area contributed by atoms with E-state index in [0.29, 0.717) is 36.7 Å². The van der Waals surface area contributed by atoms with E-state index in [1.807, 2.05) is 6.07 Å². The number of rotatable bonds is 8. The summed E-state index contributed by atoms with van der Waals surface area (Å²) in [6.07, 6.45) is 3.29. The van der Waals surface area contributed by atoms with Gasteiger partial charge in [-0.15, -0.1) is 5.10 Å². The summed E-state index contributed by atoms with van der Waals surface area (Å²) in [7, 11) is 0. The maximum Gasteiger partial charge on any atom is 0.272 e. The minimum absolute atomic E-state index is 0.110. The summed E-state index contributed by atoms with van der Waals surface area (Å²) in [4.78, 5) is 23.2. The van der Waals surface area contributed by atoms with E-state index in [0.717, 1.165) is 32.1 Å². The number of pyridine rings is 1. The number of alkyl halides is 2. The Bertz CT molecular complexity index is 1350. The second-order valence-corrected chi connectivity index (χ2v) is 9.41. The fourth-order valence-electron chi connectivity index (χ4n) is 4.83. The molecule has 38 heavy (non-hydrogen) atoms. The van der Waals surface area contributed by atoms with Crippen LogP contribution in [0.4, 0.5) is 26.1 Å². The number of nitrogens with zero attached hydrogens (tertiary/aromatic N) is 6. The van der Waals surface area contributed by atoms with E-state index >= 15 is 0 Å². The van der Waals surface area contributed by atoms with Gasteiger partial charge in [0.05, 0.1) is 24.0 Å². The Morgan fingerprint density at radius 1 is 1.21 bits per heavy atom. The monoisotopic (exact) mass is 526 g/mol. The lowest BCUT2D eigenvalue weighted by atomic mass is 9.92. The van der Waals surface area contributed by atoms with Crippen LogP contribution in [0.25, 0.3) is 5.65 Å². The highest BCUT2D eigenvalue weighted by atomic mass is 19.3. The first kappa shape index (κ1) is 25.6. The predicted molar refractivity (Wildman–Crippen MR) is 134 cm³/mol. The molecule has 2 aliphatic rings. The number of fused-ring (bicyclic) bond motifs is 1. The van der Waals surface area contributed by atoms with Gasteiger partial charge in [0.2, 0.25) is 5.88 Å².